The molecule has 2 heterocycles. The molecule has 0 aliphatic carbocycles. The summed E-state index contributed by atoms with van der Waals surface area (Å²) < 4.78 is 6.39. The van der Waals surface area contributed by atoms with Crippen molar-refractivity contribution in [2.45, 2.75) is 31.9 Å². The summed E-state index contributed by atoms with van der Waals surface area (Å²) in [5.74, 6) is 1.07. The molecule has 0 radical (unpaired) electrons. The summed E-state index contributed by atoms with van der Waals surface area (Å²) >= 11 is 0. The van der Waals surface area contributed by atoms with E-state index < -0.39 is 0 Å². The summed E-state index contributed by atoms with van der Waals surface area (Å²) in [6.45, 7) is 5.05. The molecule has 0 unspecified atom stereocenters. The lowest BCUT2D eigenvalue weighted by Gasteiger charge is -2.41. The van der Waals surface area contributed by atoms with Gasteiger partial charge in [-0.05, 0) is 13.1 Å². The number of benzene rings is 1. The summed E-state index contributed by atoms with van der Waals surface area (Å²) in [6.07, 6.45) is 1.95. The van der Waals surface area contributed by atoms with Crippen LogP contribution in [-0.2, 0) is 11.3 Å². The van der Waals surface area contributed by atoms with Gasteiger partial charge < -0.3 is 14.5 Å². The number of amides is 1. The Hall–Kier alpha value is -1.55. The number of hydrogen-bond acceptors (Lipinski definition) is 3. The van der Waals surface area contributed by atoms with Gasteiger partial charge in [0, 0.05) is 45.0 Å². The maximum Gasteiger partial charge on any atom is 0.219 e. The third-order valence-corrected chi connectivity index (χ3v) is 4.48. The van der Waals surface area contributed by atoms with Gasteiger partial charge in [0.1, 0.15) is 11.4 Å². The van der Waals surface area contributed by atoms with Gasteiger partial charge in [-0.2, -0.15) is 0 Å². The van der Waals surface area contributed by atoms with E-state index in [0.717, 1.165) is 37.2 Å². The van der Waals surface area contributed by atoms with Crippen LogP contribution >= 0.6 is 0 Å². The van der Waals surface area contributed by atoms with Gasteiger partial charge in [-0.15, -0.1) is 0 Å². The van der Waals surface area contributed by atoms with Crippen LogP contribution in [0, 0.1) is 0 Å². The van der Waals surface area contributed by atoms with Crippen LogP contribution in [-0.4, -0.2) is 48.0 Å². The molecule has 1 aromatic carbocycles. The number of fused-ring (bicyclic) bond motifs is 1. The summed E-state index contributed by atoms with van der Waals surface area (Å²) in [6, 6.07) is 8.09. The van der Waals surface area contributed by atoms with E-state index in [0.29, 0.717) is 13.1 Å². The number of carbonyl (C=O) groups excluding carboxylic acids is 1. The summed E-state index contributed by atoms with van der Waals surface area (Å²) in [5.41, 5.74) is 0.892. The SMILES string of the molecule is CC(=O)N1Cc2ccccc2OC2(CCN(C)CC2)C1. The lowest BCUT2D eigenvalue weighted by atomic mass is 9.90. The molecule has 2 aliphatic heterocycles. The minimum atomic E-state index is -0.217. The van der Waals surface area contributed by atoms with Crippen LogP contribution in [0.4, 0.5) is 0 Å². The highest BCUT2D eigenvalue weighted by atomic mass is 16.5. The first kappa shape index (κ1) is 13.4. The van der Waals surface area contributed by atoms with Crippen molar-refractivity contribution in [2.24, 2.45) is 0 Å². The van der Waals surface area contributed by atoms with Crippen LogP contribution < -0.4 is 4.74 Å². The van der Waals surface area contributed by atoms with Crippen molar-refractivity contribution >= 4 is 5.91 Å². The van der Waals surface area contributed by atoms with Crippen LogP contribution in [0.1, 0.15) is 25.3 Å². The summed E-state index contributed by atoms with van der Waals surface area (Å²) in [7, 11) is 2.14. The fourth-order valence-corrected chi connectivity index (χ4v) is 3.12. The Labute approximate surface area is 120 Å². The van der Waals surface area contributed by atoms with Crippen molar-refractivity contribution in [3.05, 3.63) is 29.8 Å². The first-order valence-electron chi connectivity index (χ1n) is 7.29. The van der Waals surface area contributed by atoms with E-state index in [1.807, 2.05) is 23.1 Å². The molecule has 0 bridgehead atoms. The average molecular weight is 274 g/mol. The standard InChI is InChI=1S/C16H22N2O2/c1-13(19)18-11-14-5-3-4-6-15(14)20-16(12-18)7-9-17(2)10-8-16/h3-6H,7-12H2,1-2H3. The molecular weight excluding hydrogens is 252 g/mol. The molecule has 4 heteroatoms. The van der Waals surface area contributed by atoms with Crippen molar-refractivity contribution in [1.82, 2.24) is 9.80 Å². The van der Waals surface area contributed by atoms with Crippen molar-refractivity contribution in [3.63, 3.8) is 0 Å². The zero-order valence-electron chi connectivity index (χ0n) is 12.3. The summed E-state index contributed by atoms with van der Waals surface area (Å²) in [5, 5.41) is 0. The van der Waals surface area contributed by atoms with Gasteiger partial charge in [0.15, 0.2) is 0 Å². The predicted octanol–water partition coefficient (Wildman–Crippen LogP) is 1.89. The molecule has 20 heavy (non-hydrogen) atoms. The second kappa shape index (κ2) is 5.09. The number of carbonyl (C=O) groups is 1. The normalized spacial score (nSPS) is 22.0. The first-order chi connectivity index (χ1) is 9.58. The third kappa shape index (κ3) is 2.52. The van der Waals surface area contributed by atoms with Gasteiger partial charge in [-0.3, -0.25) is 4.79 Å². The molecule has 1 aromatic rings. The van der Waals surface area contributed by atoms with Gasteiger partial charge in [0.2, 0.25) is 5.91 Å². The van der Waals surface area contributed by atoms with Crippen molar-refractivity contribution in [1.29, 1.82) is 0 Å². The Morgan fingerprint density at radius 1 is 1.25 bits per heavy atom. The molecule has 1 amide bonds. The zero-order chi connectivity index (χ0) is 14.2. The van der Waals surface area contributed by atoms with E-state index in [1.54, 1.807) is 6.92 Å². The highest BCUT2D eigenvalue weighted by Crippen LogP contribution is 2.35. The molecule has 4 nitrogen and oxygen atoms in total. The quantitative estimate of drug-likeness (QED) is 0.724. The largest absolute Gasteiger partial charge is 0.485 e. The highest BCUT2D eigenvalue weighted by molar-refractivity contribution is 5.73. The van der Waals surface area contributed by atoms with Gasteiger partial charge in [0.05, 0.1) is 6.54 Å². The number of hydrogen-bond donors (Lipinski definition) is 0. The second-order valence-electron chi connectivity index (χ2n) is 6.07. The van der Waals surface area contributed by atoms with E-state index in [1.165, 1.54) is 0 Å². The number of rotatable bonds is 0. The molecular formula is C16H22N2O2. The van der Waals surface area contributed by atoms with E-state index in [-0.39, 0.29) is 11.5 Å². The average Bonchev–Trinajstić information content (AvgIpc) is 2.59. The van der Waals surface area contributed by atoms with Crippen molar-refractivity contribution in [2.75, 3.05) is 26.7 Å². The second-order valence-corrected chi connectivity index (χ2v) is 6.07. The predicted molar refractivity (Wildman–Crippen MR) is 77.6 cm³/mol. The van der Waals surface area contributed by atoms with Crippen LogP contribution in [0.15, 0.2) is 24.3 Å². The fourth-order valence-electron chi connectivity index (χ4n) is 3.12. The van der Waals surface area contributed by atoms with Gasteiger partial charge in [-0.25, -0.2) is 0 Å². The topological polar surface area (TPSA) is 32.8 Å². The number of piperidine rings is 1. The Morgan fingerprint density at radius 2 is 1.95 bits per heavy atom. The van der Waals surface area contributed by atoms with E-state index in [2.05, 4.69) is 18.0 Å². The first-order valence-corrected chi connectivity index (χ1v) is 7.29. The van der Waals surface area contributed by atoms with E-state index in [9.17, 15) is 4.79 Å². The number of nitrogens with zero attached hydrogens (tertiary/aromatic N) is 2. The molecule has 3 rings (SSSR count). The lowest BCUT2D eigenvalue weighted by molar-refractivity contribution is -0.132. The third-order valence-electron chi connectivity index (χ3n) is 4.48. The zero-order valence-corrected chi connectivity index (χ0v) is 12.3. The number of para-hydroxylation sites is 1. The van der Waals surface area contributed by atoms with Crippen molar-refractivity contribution in [3.8, 4) is 5.75 Å². The maximum atomic E-state index is 11.9. The number of ether oxygens (including phenoxy) is 1. The molecule has 0 N–H and O–H groups in total. The molecule has 0 aromatic heterocycles. The highest BCUT2D eigenvalue weighted by Gasteiger charge is 2.40. The molecule has 0 saturated carbocycles. The lowest BCUT2D eigenvalue weighted by Crippen LogP contribution is -2.53. The van der Waals surface area contributed by atoms with Crippen LogP contribution in [0.2, 0.25) is 0 Å². The molecule has 108 valence electrons. The monoisotopic (exact) mass is 274 g/mol. The van der Waals surface area contributed by atoms with E-state index in [4.69, 9.17) is 4.74 Å². The minimum Gasteiger partial charge on any atom is -0.485 e. The smallest absolute Gasteiger partial charge is 0.219 e. The fraction of sp³-hybridized carbons (Fsp3) is 0.562. The van der Waals surface area contributed by atoms with Gasteiger partial charge >= 0.3 is 0 Å². The molecule has 1 saturated heterocycles. The summed E-state index contributed by atoms with van der Waals surface area (Å²) in [4.78, 5) is 16.2. The van der Waals surface area contributed by atoms with Gasteiger partial charge in [0.25, 0.3) is 0 Å². The maximum absolute atomic E-state index is 11.9. The molecule has 1 fully saturated rings. The van der Waals surface area contributed by atoms with E-state index >= 15 is 0 Å². The molecule has 1 spiro atoms. The molecule has 2 aliphatic rings. The Bertz CT molecular complexity index is 507. The van der Waals surface area contributed by atoms with Crippen LogP contribution in [0.25, 0.3) is 0 Å². The Morgan fingerprint density at radius 3 is 2.65 bits per heavy atom. The van der Waals surface area contributed by atoms with Crippen LogP contribution in [0.5, 0.6) is 5.75 Å². The Kier molecular flexibility index (Phi) is 3.42. The van der Waals surface area contributed by atoms with Crippen molar-refractivity contribution < 1.29 is 9.53 Å². The minimum absolute atomic E-state index is 0.128. The number of likely N-dealkylation sites (tertiary alicyclic amines) is 1. The van der Waals surface area contributed by atoms with Gasteiger partial charge in [-0.1, -0.05) is 18.2 Å². The molecule has 0 atom stereocenters. The van der Waals surface area contributed by atoms with Crippen LogP contribution in [0.3, 0.4) is 0 Å². The Balaban J connectivity index is 1.94.